The fourth-order valence-electron chi connectivity index (χ4n) is 0.469. The van der Waals surface area contributed by atoms with Gasteiger partial charge in [-0.05, 0) is 0 Å². The van der Waals surface area contributed by atoms with Crippen molar-refractivity contribution in [3.8, 4) is 0 Å². The molecule has 0 amide bonds. The molecular formula is C7H8NO2V-. The molecule has 0 N–H and O–H groups in total. The van der Waals surface area contributed by atoms with E-state index in [4.69, 9.17) is 0 Å². The van der Waals surface area contributed by atoms with Crippen LogP contribution in [0.5, 0.6) is 0 Å². The number of hydrogen-bond donors (Lipinski definition) is 0. The van der Waals surface area contributed by atoms with Crippen molar-refractivity contribution in [2.45, 2.75) is 13.8 Å². The average Bonchev–Trinajstić information content (AvgIpc) is 1.99. The molecule has 0 aliphatic carbocycles. The molecule has 0 heterocycles. The van der Waals surface area contributed by atoms with Crippen molar-refractivity contribution in [3.05, 3.63) is 33.5 Å². The van der Waals surface area contributed by atoms with Crippen LogP contribution in [0.3, 0.4) is 0 Å². The van der Waals surface area contributed by atoms with Gasteiger partial charge in [0.25, 0.3) is 0 Å². The van der Waals surface area contributed by atoms with E-state index in [0.29, 0.717) is 0 Å². The number of allylic oxidation sites excluding steroid dienone is 3. The second-order valence-corrected chi connectivity index (χ2v) is 2.31. The zero-order chi connectivity index (χ0) is 8.85. The van der Waals surface area contributed by atoms with Crippen molar-refractivity contribution in [1.29, 1.82) is 0 Å². The van der Waals surface area contributed by atoms with E-state index in [9.17, 15) is 10.1 Å². The number of rotatable bonds is 3. The Morgan fingerprint density at radius 3 is 2.55 bits per heavy atom. The molecule has 0 aromatic carbocycles. The summed E-state index contributed by atoms with van der Waals surface area (Å²) in [5.41, 5.74) is 0.843. The SMILES string of the molecule is C[C-]=C(/C=C(/C)[CH]=[V])[N+](=O)[O-]. The quantitative estimate of drug-likeness (QED) is 0.290. The van der Waals surface area contributed by atoms with Gasteiger partial charge in [-0.2, -0.15) is 0 Å². The minimum absolute atomic E-state index is 0.00444. The van der Waals surface area contributed by atoms with Gasteiger partial charge in [0.2, 0.25) is 0 Å². The summed E-state index contributed by atoms with van der Waals surface area (Å²) < 4.78 is 1.74. The molecule has 0 saturated heterocycles. The molecule has 4 heteroatoms. The molecule has 0 saturated carbocycles. The molecule has 0 rings (SSSR count). The molecule has 0 aliphatic heterocycles. The molecule has 0 unspecified atom stereocenters. The van der Waals surface area contributed by atoms with E-state index in [1.54, 1.807) is 11.7 Å². The fourth-order valence-corrected chi connectivity index (χ4v) is 0.585. The Balaban J connectivity index is 4.57. The summed E-state index contributed by atoms with van der Waals surface area (Å²) >= 11 is 2.24. The standard InChI is InChI=1S/C7H8NO2.V/c1-4-7(8(9)10)5-6(2)3;/h2,5H,1,3H3;/q-1;/b6-5+;. The van der Waals surface area contributed by atoms with Crippen molar-refractivity contribution < 1.29 is 21.9 Å². The van der Waals surface area contributed by atoms with Crippen LogP contribution >= 0.6 is 0 Å². The van der Waals surface area contributed by atoms with Gasteiger partial charge in [-0.3, -0.25) is 0 Å². The van der Waals surface area contributed by atoms with Gasteiger partial charge in [-0.15, -0.1) is 0 Å². The van der Waals surface area contributed by atoms with Crippen LogP contribution in [0.25, 0.3) is 0 Å². The van der Waals surface area contributed by atoms with Gasteiger partial charge in [0.1, 0.15) is 0 Å². The van der Waals surface area contributed by atoms with E-state index >= 15 is 0 Å². The maximum absolute atomic E-state index is 10.2. The normalized spacial score (nSPS) is 12.8. The van der Waals surface area contributed by atoms with Crippen molar-refractivity contribution in [3.63, 3.8) is 0 Å². The fraction of sp³-hybridized carbons (Fsp3) is 0.286. The Hall–Kier alpha value is -0.666. The van der Waals surface area contributed by atoms with Crippen LogP contribution < -0.4 is 0 Å². The Morgan fingerprint density at radius 2 is 2.27 bits per heavy atom. The summed E-state index contributed by atoms with van der Waals surface area (Å²) in [5.74, 6) is 0. The number of nitrogens with zero attached hydrogens (tertiary/aromatic N) is 1. The average molecular weight is 189 g/mol. The summed E-state index contributed by atoms with van der Waals surface area (Å²) in [7, 11) is 0. The molecule has 0 radical (unpaired) electrons. The summed E-state index contributed by atoms with van der Waals surface area (Å²) in [6.45, 7) is 3.31. The molecule has 0 aromatic rings. The van der Waals surface area contributed by atoms with E-state index in [1.807, 2.05) is 0 Å². The van der Waals surface area contributed by atoms with E-state index in [0.717, 1.165) is 5.57 Å². The van der Waals surface area contributed by atoms with Gasteiger partial charge >= 0.3 is 74.0 Å². The Kier molecular flexibility index (Phi) is 4.74. The minimum atomic E-state index is -0.458. The van der Waals surface area contributed by atoms with Crippen molar-refractivity contribution in [2.75, 3.05) is 0 Å². The Morgan fingerprint density at radius 1 is 1.73 bits per heavy atom. The first-order valence-electron chi connectivity index (χ1n) is 2.96. The van der Waals surface area contributed by atoms with Crippen molar-refractivity contribution >= 4 is 4.73 Å². The molecular weight excluding hydrogens is 181 g/mol. The molecule has 0 fully saturated rings. The van der Waals surface area contributed by atoms with Crippen LogP contribution in [0, 0.1) is 16.2 Å². The molecule has 0 bridgehead atoms. The van der Waals surface area contributed by atoms with Crippen molar-refractivity contribution in [2.24, 2.45) is 0 Å². The molecule has 0 spiro atoms. The summed E-state index contributed by atoms with van der Waals surface area (Å²) in [5, 5.41) is 10.2. The molecule has 0 aliphatic rings. The third kappa shape index (κ3) is 3.91. The third-order valence-corrected chi connectivity index (χ3v) is 1.66. The van der Waals surface area contributed by atoms with Gasteiger partial charge in [-0.25, -0.2) is 0 Å². The van der Waals surface area contributed by atoms with Gasteiger partial charge in [0.05, 0.1) is 0 Å². The number of nitro groups is 1. The zero-order valence-electron chi connectivity index (χ0n) is 6.37. The first-order valence-corrected chi connectivity index (χ1v) is 3.77. The first kappa shape index (κ1) is 10.3. The summed E-state index contributed by atoms with van der Waals surface area (Å²) in [6, 6.07) is 0. The summed E-state index contributed by atoms with van der Waals surface area (Å²) in [6.07, 6.45) is 3.95. The molecule has 11 heavy (non-hydrogen) atoms. The van der Waals surface area contributed by atoms with E-state index in [1.165, 1.54) is 13.0 Å². The van der Waals surface area contributed by atoms with Gasteiger partial charge in [-0.1, -0.05) is 0 Å². The predicted octanol–water partition coefficient (Wildman–Crippen LogP) is 1.27. The molecule has 3 nitrogen and oxygen atoms in total. The first-order chi connectivity index (χ1) is 5.11. The monoisotopic (exact) mass is 189 g/mol. The topological polar surface area (TPSA) is 43.1 Å². The Labute approximate surface area is 74.4 Å². The van der Waals surface area contributed by atoms with Gasteiger partial charge < -0.3 is 0 Å². The van der Waals surface area contributed by atoms with Crippen molar-refractivity contribution in [1.82, 2.24) is 0 Å². The molecule has 0 atom stereocenters. The van der Waals surface area contributed by atoms with Gasteiger partial charge in [0.15, 0.2) is 0 Å². The van der Waals surface area contributed by atoms with E-state index in [-0.39, 0.29) is 5.70 Å². The van der Waals surface area contributed by atoms with Crippen LogP contribution in [0.1, 0.15) is 13.8 Å². The second-order valence-electron chi connectivity index (χ2n) is 1.91. The van der Waals surface area contributed by atoms with E-state index in [2.05, 4.69) is 23.1 Å². The number of hydrogen-bond acceptors (Lipinski definition) is 2. The van der Waals surface area contributed by atoms with Crippen LogP contribution in [0.2, 0.25) is 0 Å². The molecule has 0 aromatic heterocycles. The van der Waals surface area contributed by atoms with Crippen LogP contribution in [0.15, 0.2) is 17.3 Å². The van der Waals surface area contributed by atoms with Crippen LogP contribution in [-0.2, 0) is 17.0 Å². The third-order valence-electron chi connectivity index (χ3n) is 1.02. The predicted molar refractivity (Wildman–Crippen MR) is 39.2 cm³/mol. The van der Waals surface area contributed by atoms with Crippen LogP contribution in [0.4, 0.5) is 0 Å². The zero-order valence-corrected chi connectivity index (χ0v) is 7.76. The molecule has 59 valence electrons. The van der Waals surface area contributed by atoms with Gasteiger partial charge in [0, 0.05) is 0 Å². The second kappa shape index (κ2) is 5.05. The Bertz CT molecular complexity index is 231. The van der Waals surface area contributed by atoms with Crippen LogP contribution in [-0.4, -0.2) is 9.65 Å². The summed E-state index contributed by atoms with van der Waals surface area (Å²) in [4.78, 5) is 9.77. The van der Waals surface area contributed by atoms with E-state index < -0.39 is 4.92 Å². The maximum atomic E-state index is 10.2.